The molecule has 0 spiro atoms. The summed E-state index contributed by atoms with van der Waals surface area (Å²) in [4.78, 5) is 38.4. The van der Waals surface area contributed by atoms with Gasteiger partial charge in [-0.2, -0.15) is 0 Å². The van der Waals surface area contributed by atoms with Gasteiger partial charge in [-0.05, 0) is 64.3 Å². The summed E-state index contributed by atoms with van der Waals surface area (Å²) >= 11 is 0.983. The van der Waals surface area contributed by atoms with Crippen LogP contribution in [0.25, 0.3) is 11.0 Å². The highest BCUT2D eigenvalue weighted by molar-refractivity contribution is 7.18. The highest BCUT2D eigenvalue weighted by Crippen LogP contribution is 2.35. The van der Waals surface area contributed by atoms with Crippen LogP contribution in [0.4, 0.5) is 5.00 Å². The van der Waals surface area contributed by atoms with E-state index >= 15 is 0 Å². The number of amides is 1. The van der Waals surface area contributed by atoms with Gasteiger partial charge in [0.2, 0.25) is 0 Å². The molecule has 1 aromatic carbocycles. The van der Waals surface area contributed by atoms with Crippen molar-refractivity contribution in [3.05, 3.63) is 51.1 Å². The molecule has 0 fully saturated rings. The highest BCUT2D eigenvalue weighted by atomic mass is 32.1. The zero-order valence-electron chi connectivity index (χ0n) is 19.1. The predicted octanol–water partition coefficient (Wildman–Crippen LogP) is 5.67. The molecule has 2 heterocycles. The number of esters is 2. The molecule has 8 heteroatoms. The van der Waals surface area contributed by atoms with Crippen LogP contribution in [0, 0.1) is 13.8 Å². The standard InChI is InChI=1S/C24H27NO6S/c1-7-15-9-10-17-16(11-15)13(5)19(31-17)21(26)25-22-18(23(27)29-8-2)14(6)20(32-22)24(28)30-12(3)4/h9-12H,7-8H2,1-6H3,(H,25,26). The first-order valence-corrected chi connectivity index (χ1v) is 11.3. The van der Waals surface area contributed by atoms with Gasteiger partial charge in [-0.1, -0.05) is 13.0 Å². The van der Waals surface area contributed by atoms with Crippen LogP contribution in [-0.4, -0.2) is 30.6 Å². The Morgan fingerprint density at radius 1 is 1.09 bits per heavy atom. The number of ether oxygens (including phenoxy) is 2. The number of aryl methyl sites for hydroxylation is 2. The van der Waals surface area contributed by atoms with Gasteiger partial charge in [0.15, 0.2) is 5.76 Å². The maximum atomic E-state index is 13.1. The van der Waals surface area contributed by atoms with Gasteiger partial charge in [0.05, 0.1) is 18.3 Å². The van der Waals surface area contributed by atoms with Gasteiger partial charge in [-0.3, -0.25) is 4.79 Å². The van der Waals surface area contributed by atoms with E-state index in [2.05, 4.69) is 12.2 Å². The van der Waals surface area contributed by atoms with E-state index < -0.39 is 17.8 Å². The fourth-order valence-corrected chi connectivity index (χ4v) is 4.45. The SMILES string of the molecule is CCOC(=O)c1c(NC(=O)c2oc3ccc(CC)cc3c2C)sc(C(=O)OC(C)C)c1C. The van der Waals surface area contributed by atoms with Gasteiger partial charge >= 0.3 is 11.9 Å². The quantitative estimate of drug-likeness (QED) is 0.460. The molecule has 0 unspecified atom stereocenters. The Balaban J connectivity index is 2.01. The molecule has 0 radical (unpaired) electrons. The Labute approximate surface area is 190 Å². The number of benzene rings is 1. The van der Waals surface area contributed by atoms with Crippen LogP contribution in [0.5, 0.6) is 0 Å². The third kappa shape index (κ3) is 4.55. The lowest BCUT2D eigenvalue weighted by Gasteiger charge is -2.07. The second-order valence-electron chi connectivity index (χ2n) is 7.63. The van der Waals surface area contributed by atoms with E-state index in [0.29, 0.717) is 16.7 Å². The number of rotatable bonds is 7. The van der Waals surface area contributed by atoms with Gasteiger partial charge in [-0.25, -0.2) is 9.59 Å². The van der Waals surface area contributed by atoms with Gasteiger partial charge in [0.25, 0.3) is 5.91 Å². The summed E-state index contributed by atoms with van der Waals surface area (Å²) in [5.74, 6) is -1.53. The van der Waals surface area contributed by atoms with Crippen molar-refractivity contribution in [2.75, 3.05) is 11.9 Å². The molecule has 0 saturated carbocycles. The molecule has 170 valence electrons. The van der Waals surface area contributed by atoms with Gasteiger partial charge in [0, 0.05) is 10.9 Å². The van der Waals surface area contributed by atoms with Crippen molar-refractivity contribution in [3.8, 4) is 0 Å². The lowest BCUT2D eigenvalue weighted by Crippen LogP contribution is -2.15. The number of anilines is 1. The molecular weight excluding hydrogens is 430 g/mol. The molecule has 0 aliphatic carbocycles. The third-order valence-electron chi connectivity index (χ3n) is 5.00. The number of furan rings is 1. The minimum atomic E-state index is -0.617. The third-order valence-corrected chi connectivity index (χ3v) is 6.18. The zero-order chi connectivity index (χ0) is 23.6. The van der Waals surface area contributed by atoms with E-state index in [9.17, 15) is 14.4 Å². The van der Waals surface area contributed by atoms with E-state index in [4.69, 9.17) is 13.9 Å². The number of hydrogen-bond donors (Lipinski definition) is 1. The summed E-state index contributed by atoms with van der Waals surface area (Å²) in [6.07, 6.45) is 0.550. The molecular formula is C24H27NO6S. The first kappa shape index (κ1) is 23.5. The van der Waals surface area contributed by atoms with Crippen LogP contribution in [-0.2, 0) is 15.9 Å². The molecule has 1 N–H and O–H groups in total. The average molecular weight is 458 g/mol. The molecule has 0 bridgehead atoms. The van der Waals surface area contributed by atoms with Crippen LogP contribution >= 0.6 is 11.3 Å². The van der Waals surface area contributed by atoms with Gasteiger partial charge in [-0.15, -0.1) is 11.3 Å². The van der Waals surface area contributed by atoms with Gasteiger partial charge in [0.1, 0.15) is 15.5 Å². The van der Waals surface area contributed by atoms with Crippen molar-refractivity contribution in [2.24, 2.45) is 0 Å². The van der Waals surface area contributed by atoms with Crippen LogP contribution in [0.2, 0.25) is 0 Å². The molecule has 7 nitrogen and oxygen atoms in total. The number of fused-ring (bicyclic) bond motifs is 1. The summed E-state index contributed by atoms with van der Waals surface area (Å²) in [7, 11) is 0. The van der Waals surface area contributed by atoms with Crippen molar-refractivity contribution < 1.29 is 28.3 Å². The summed E-state index contributed by atoms with van der Waals surface area (Å²) < 4.78 is 16.2. The summed E-state index contributed by atoms with van der Waals surface area (Å²) in [5.41, 5.74) is 3.00. The Hall–Kier alpha value is -3.13. The summed E-state index contributed by atoms with van der Waals surface area (Å²) in [6.45, 7) is 10.8. The van der Waals surface area contributed by atoms with Crippen molar-refractivity contribution in [3.63, 3.8) is 0 Å². The first-order valence-electron chi connectivity index (χ1n) is 10.5. The Morgan fingerprint density at radius 3 is 2.44 bits per heavy atom. The van der Waals surface area contributed by atoms with Gasteiger partial charge < -0.3 is 19.2 Å². The Morgan fingerprint density at radius 2 is 1.81 bits per heavy atom. The largest absolute Gasteiger partial charge is 0.462 e. The molecule has 3 rings (SSSR count). The predicted molar refractivity (Wildman–Crippen MR) is 124 cm³/mol. The smallest absolute Gasteiger partial charge is 0.348 e. The monoisotopic (exact) mass is 457 g/mol. The van der Waals surface area contributed by atoms with Crippen molar-refractivity contribution >= 4 is 45.2 Å². The molecule has 0 aliphatic rings. The number of nitrogens with one attached hydrogen (secondary N) is 1. The number of carbonyl (C=O) groups is 3. The second kappa shape index (κ2) is 9.56. The molecule has 3 aromatic rings. The molecule has 0 saturated heterocycles. The summed E-state index contributed by atoms with van der Waals surface area (Å²) in [6, 6.07) is 5.81. The number of thiophene rings is 1. The minimum Gasteiger partial charge on any atom is -0.462 e. The van der Waals surface area contributed by atoms with Crippen molar-refractivity contribution in [1.82, 2.24) is 0 Å². The number of hydrogen-bond acceptors (Lipinski definition) is 7. The number of carbonyl (C=O) groups excluding carboxylic acids is 3. The Bertz CT molecular complexity index is 1190. The van der Waals surface area contributed by atoms with E-state index in [0.717, 1.165) is 28.7 Å². The van der Waals surface area contributed by atoms with Crippen LogP contribution in [0.3, 0.4) is 0 Å². The molecule has 0 aliphatic heterocycles. The van der Waals surface area contributed by atoms with E-state index in [1.807, 2.05) is 25.1 Å². The van der Waals surface area contributed by atoms with E-state index in [-0.39, 0.29) is 33.9 Å². The molecule has 32 heavy (non-hydrogen) atoms. The van der Waals surface area contributed by atoms with Crippen LogP contribution in [0.15, 0.2) is 22.6 Å². The normalized spacial score (nSPS) is 11.1. The average Bonchev–Trinajstić information content (AvgIpc) is 3.24. The topological polar surface area (TPSA) is 94.8 Å². The Kier molecular flexibility index (Phi) is 7.03. The fraction of sp³-hybridized carbons (Fsp3) is 0.375. The maximum Gasteiger partial charge on any atom is 0.348 e. The zero-order valence-corrected chi connectivity index (χ0v) is 19.9. The maximum absolute atomic E-state index is 13.1. The molecule has 2 aromatic heterocycles. The summed E-state index contributed by atoms with van der Waals surface area (Å²) in [5, 5.41) is 3.83. The fourth-order valence-electron chi connectivity index (χ4n) is 3.38. The molecule has 0 atom stereocenters. The minimum absolute atomic E-state index is 0.142. The second-order valence-corrected chi connectivity index (χ2v) is 8.65. The van der Waals surface area contributed by atoms with Crippen molar-refractivity contribution in [2.45, 2.75) is 54.1 Å². The lowest BCUT2D eigenvalue weighted by molar-refractivity contribution is 0.0383. The van der Waals surface area contributed by atoms with Crippen LogP contribution < -0.4 is 5.32 Å². The van der Waals surface area contributed by atoms with E-state index in [1.165, 1.54) is 0 Å². The van der Waals surface area contributed by atoms with Crippen LogP contribution in [0.1, 0.15) is 75.0 Å². The van der Waals surface area contributed by atoms with Crippen molar-refractivity contribution in [1.29, 1.82) is 0 Å². The van der Waals surface area contributed by atoms with E-state index in [1.54, 1.807) is 27.7 Å². The highest BCUT2D eigenvalue weighted by Gasteiger charge is 2.29. The lowest BCUT2D eigenvalue weighted by atomic mass is 10.1. The first-order chi connectivity index (χ1) is 15.2. The molecule has 1 amide bonds.